The van der Waals surface area contributed by atoms with Gasteiger partial charge >= 0.3 is 0 Å². The number of nitrogens with one attached hydrogen (secondary N) is 1. The number of fused-ring (bicyclic) bond motifs is 1. The lowest BCUT2D eigenvalue weighted by molar-refractivity contribution is 0.0100. The normalized spacial score (nSPS) is 31.9. The summed E-state index contributed by atoms with van der Waals surface area (Å²) in [4.78, 5) is 2.53. The van der Waals surface area contributed by atoms with Crippen molar-refractivity contribution in [3.05, 3.63) is 35.9 Å². The van der Waals surface area contributed by atoms with E-state index < -0.39 is 0 Å². The van der Waals surface area contributed by atoms with Gasteiger partial charge in [-0.1, -0.05) is 30.3 Å². The van der Waals surface area contributed by atoms with Crippen LogP contribution in [0.3, 0.4) is 0 Å². The fourth-order valence-electron chi connectivity index (χ4n) is 3.75. The molecule has 2 saturated heterocycles. The number of hydrogen-bond donors (Lipinski definition) is 2. The summed E-state index contributed by atoms with van der Waals surface area (Å²) in [5.41, 5.74) is 1.38. The predicted octanol–water partition coefficient (Wildman–Crippen LogP) is 1.34. The van der Waals surface area contributed by atoms with E-state index in [-0.39, 0.29) is 0 Å². The third kappa shape index (κ3) is 2.99. The number of rotatable bonds is 3. The highest BCUT2D eigenvalue weighted by Crippen LogP contribution is 2.32. The van der Waals surface area contributed by atoms with Gasteiger partial charge in [-0.3, -0.25) is 4.90 Å². The van der Waals surface area contributed by atoms with Gasteiger partial charge in [-0.05, 0) is 42.8 Å². The Bertz CT molecular complexity index is 387. The van der Waals surface area contributed by atoms with Crippen LogP contribution in [0, 0.1) is 17.8 Å². The molecule has 0 aliphatic carbocycles. The van der Waals surface area contributed by atoms with E-state index in [0.29, 0.717) is 18.4 Å². The Kier molecular flexibility index (Phi) is 4.16. The average Bonchev–Trinajstić information content (AvgIpc) is 2.47. The predicted molar refractivity (Wildman–Crippen MR) is 76.8 cm³/mol. The lowest BCUT2D eigenvalue weighted by Gasteiger charge is -2.46. The third-order valence-corrected chi connectivity index (χ3v) is 4.75. The van der Waals surface area contributed by atoms with E-state index in [1.807, 2.05) is 0 Å². The van der Waals surface area contributed by atoms with Crippen LogP contribution in [0.2, 0.25) is 0 Å². The molecule has 2 N–H and O–H groups in total. The molecule has 104 valence electrons. The molecule has 2 heterocycles. The van der Waals surface area contributed by atoms with Crippen LogP contribution in [-0.4, -0.2) is 42.8 Å². The monoisotopic (exact) mass is 260 g/mol. The van der Waals surface area contributed by atoms with Crippen LogP contribution in [0.5, 0.6) is 0 Å². The summed E-state index contributed by atoms with van der Waals surface area (Å²) >= 11 is 0. The van der Waals surface area contributed by atoms with E-state index in [0.717, 1.165) is 32.1 Å². The fraction of sp³-hybridized carbons (Fsp3) is 0.625. The van der Waals surface area contributed by atoms with E-state index in [2.05, 4.69) is 40.5 Å². The molecule has 3 heteroatoms. The quantitative estimate of drug-likeness (QED) is 0.861. The van der Waals surface area contributed by atoms with Gasteiger partial charge in [0.1, 0.15) is 0 Å². The number of nitrogens with zero attached hydrogens (tertiary/aromatic N) is 1. The van der Waals surface area contributed by atoms with E-state index in [1.54, 1.807) is 0 Å². The van der Waals surface area contributed by atoms with Gasteiger partial charge in [0.05, 0.1) is 0 Å². The first-order valence-corrected chi connectivity index (χ1v) is 7.44. The van der Waals surface area contributed by atoms with Crippen LogP contribution in [0.4, 0.5) is 0 Å². The van der Waals surface area contributed by atoms with Gasteiger partial charge in [-0.25, -0.2) is 0 Å². The van der Waals surface area contributed by atoms with Gasteiger partial charge in [0, 0.05) is 26.2 Å². The SMILES string of the molecule is OCC1CN(Cc2ccccc2)CC2CCNCC12. The van der Waals surface area contributed by atoms with E-state index in [9.17, 15) is 5.11 Å². The molecule has 2 aliphatic rings. The molecule has 2 aliphatic heterocycles. The number of benzene rings is 1. The van der Waals surface area contributed by atoms with Crippen molar-refractivity contribution in [3.8, 4) is 0 Å². The van der Waals surface area contributed by atoms with Crippen molar-refractivity contribution in [1.82, 2.24) is 10.2 Å². The lowest BCUT2D eigenvalue weighted by atomic mass is 9.74. The Morgan fingerprint density at radius 3 is 2.84 bits per heavy atom. The number of aliphatic hydroxyl groups excluding tert-OH is 1. The third-order valence-electron chi connectivity index (χ3n) is 4.75. The number of piperidine rings is 2. The summed E-state index contributed by atoms with van der Waals surface area (Å²) in [6, 6.07) is 10.7. The van der Waals surface area contributed by atoms with E-state index >= 15 is 0 Å². The number of likely N-dealkylation sites (tertiary alicyclic amines) is 1. The van der Waals surface area contributed by atoms with Crippen LogP contribution in [0.25, 0.3) is 0 Å². The van der Waals surface area contributed by atoms with Gasteiger partial charge in [0.25, 0.3) is 0 Å². The molecule has 3 rings (SSSR count). The Hall–Kier alpha value is -0.900. The topological polar surface area (TPSA) is 35.5 Å². The van der Waals surface area contributed by atoms with Crippen LogP contribution in [0.15, 0.2) is 30.3 Å². The highest BCUT2D eigenvalue weighted by Gasteiger charge is 2.37. The van der Waals surface area contributed by atoms with Crippen molar-refractivity contribution >= 4 is 0 Å². The molecule has 0 bridgehead atoms. The van der Waals surface area contributed by atoms with Crippen LogP contribution >= 0.6 is 0 Å². The maximum absolute atomic E-state index is 9.66. The second-order valence-corrected chi connectivity index (χ2v) is 6.04. The number of hydrogen-bond acceptors (Lipinski definition) is 3. The molecule has 2 fully saturated rings. The standard InChI is InChI=1S/C16H24N2O/c19-12-15-11-18(9-13-4-2-1-3-5-13)10-14-6-7-17-8-16(14)15/h1-5,14-17,19H,6-12H2. The summed E-state index contributed by atoms with van der Waals surface area (Å²) < 4.78 is 0. The second kappa shape index (κ2) is 6.04. The minimum atomic E-state index is 0.328. The average molecular weight is 260 g/mol. The zero-order chi connectivity index (χ0) is 13.1. The molecule has 3 nitrogen and oxygen atoms in total. The van der Waals surface area contributed by atoms with E-state index in [4.69, 9.17) is 0 Å². The van der Waals surface area contributed by atoms with Crippen molar-refractivity contribution in [2.45, 2.75) is 13.0 Å². The van der Waals surface area contributed by atoms with Gasteiger partial charge in [0.2, 0.25) is 0 Å². The Balaban J connectivity index is 1.67. The maximum atomic E-state index is 9.66. The fourth-order valence-corrected chi connectivity index (χ4v) is 3.75. The van der Waals surface area contributed by atoms with Crippen LogP contribution < -0.4 is 5.32 Å². The molecular weight excluding hydrogens is 236 g/mol. The zero-order valence-electron chi connectivity index (χ0n) is 11.5. The van der Waals surface area contributed by atoms with Crippen molar-refractivity contribution in [1.29, 1.82) is 0 Å². The molecule has 0 radical (unpaired) electrons. The number of aliphatic hydroxyl groups is 1. The van der Waals surface area contributed by atoms with E-state index in [1.165, 1.54) is 18.5 Å². The van der Waals surface area contributed by atoms with Gasteiger partial charge in [-0.2, -0.15) is 0 Å². The first kappa shape index (κ1) is 13.1. The summed E-state index contributed by atoms with van der Waals surface area (Å²) in [6.07, 6.45) is 1.26. The molecule has 1 aromatic rings. The Morgan fingerprint density at radius 1 is 1.21 bits per heavy atom. The molecule has 0 saturated carbocycles. The minimum absolute atomic E-state index is 0.328. The van der Waals surface area contributed by atoms with Crippen molar-refractivity contribution < 1.29 is 5.11 Å². The second-order valence-electron chi connectivity index (χ2n) is 6.04. The van der Waals surface area contributed by atoms with Crippen LogP contribution in [-0.2, 0) is 6.54 Å². The lowest BCUT2D eigenvalue weighted by Crippen LogP contribution is -2.53. The highest BCUT2D eigenvalue weighted by atomic mass is 16.3. The van der Waals surface area contributed by atoms with Crippen LogP contribution in [0.1, 0.15) is 12.0 Å². The van der Waals surface area contributed by atoms with Crippen molar-refractivity contribution in [3.63, 3.8) is 0 Å². The summed E-state index contributed by atoms with van der Waals surface area (Å²) in [7, 11) is 0. The zero-order valence-corrected chi connectivity index (χ0v) is 11.5. The molecule has 0 amide bonds. The minimum Gasteiger partial charge on any atom is -0.396 e. The molecule has 19 heavy (non-hydrogen) atoms. The molecular formula is C16H24N2O. The van der Waals surface area contributed by atoms with Gasteiger partial charge in [-0.15, -0.1) is 0 Å². The molecule has 0 spiro atoms. The molecule has 0 aromatic heterocycles. The van der Waals surface area contributed by atoms with Crippen molar-refractivity contribution in [2.24, 2.45) is 17.8 Å². The molecule has 3 unspecified atom stereocenters. The maximum Gasteiger partial charge on any atom is 0.0474 e. The smallest absolute Gasteiger partial charge is 0.0474 e. The molecule has 1 aromatic carbocycles. The first-order chi connectivity index (χ1) is 9.36. The largest absolute Gasteiger partial charge is 0.396 e. The van der Waals surface area contributed by atoms with Gasteiger partial charge in [0.15, 0.2) is 0 Å². The summed E-state index contributed by atoms with van der Waals surface area (Å²) in [5.74, 6) is 1.87. The Morgan fingerprint density at radius 2 is 2.05 bits per heavy atom. The summed E-state index contributed by atoms with van der Waals surface area (Å²) in [5, 5.41) is 13.1. The molecule has 3 atom stereocenters. The first-order valence-electron chi connectivity index (χ1n) is 7.44. The highest BCUT2D eigenvalue weighted by molar-refractivity contribution is 5.14. The Labute approximate surface area is 115 Å². The van der Waals surface area contributed by atoms with Gasteiger partial charge < -0.3 is 10.4 Å². The van der Waals surface area contributed by atoms with Crippen molar-refractivity contribution in [2.75, 3.05) is 32.8 Å². The summed E-state index contributed by atoms with van der Waals surface area (Å²) in [6.45, 7) is 5.81.